The number of nitrogens with zero attached hydrogens (tertiary/aromatic N) is 2. The molecule has 0 radical (unpaired) electrons. The monoisotopic (exact) mass is 485 g/mol. The molecule has 2 atom stereocenters. The van der Waals surface area contributed by atoms with E-state index in [0.29, 0.717) is 31.0 Å². The third kappa shape index (κ3) is 5.95. The maximum atomic E-state index is 12.9. The van der Waals surface area contributed by atoms with Crippen molar-refractivity contribution in [2.24, 2.45) is 34.2 Å². The highest BCUT2D eigenvalue weighted by molar-refractivity contribution is 8.06. The fourth-order valence-electron chi connectivity index (χ4n) is 5.16. The minimum atomic E-state index is -4.02. The molecular formula is C25H35N5O3S. The number of rotatable bonds is 8. The molecule has 34 heavy (non-hydrogen) atoms. The van der Waals surface area contributed by atoms with Crippen LogP contribution in [0.4, 0.5) is 0 Å². The lowest BCUT2D eigenvalue weighted by Crippen LogP contribution is -2.42. The quantitative estimate of drug-likeness (QED) is 0.374. The minimum Gasteiger partial charge on any atom is -0.370 e. The van der Waals surface area contributed by atoms with E-state index in [1.165, 1.54) is 5.56 Å². The molecule has 2 unspecified atom stereocenters. The van der Waals surface area contributed by atoms with Crippen LogP contribution in [0.3, 0.4) is 0 Å². The second-order valence-corrected chi connectivity index (χ2v) is 11.5. The first-order valence-corrected chi connectivity index (χ1v) is 13.5. The lowest BCUT2D eigenvalue weighted by molar-refractivity contribution is -0.111. The zero-order chi connectivity index (χ0) is 24.1. The Kier molecular flexibility index (Phi) is 7.85. The number of hydrogen-bond acceptors (Lipinski definition) is 6. The lowest BCUT2D eigenvalue weighted by atomic mass is 9.74. The summed E-state index contributed by atoms with van der Waals surface area (Å²) in [6, 6.07) is 5.17. The van der Waals surface area contributed by atoms with Crippen LogP contribution >= 0.6 is 0 Å². The van der Waals surface area contributed by atoms with E-state index in [2.05, 4.69) is 39.5 Å². The number of benzene rings is 1. The molecule has 1 aromatic rings. The van der Waals surface area contributed by atoms with Gasteiger partial charge in [0.1, 0.15) is 0 Å². The highest BCUT2D eigenvalue weighted by Crippen LogP contribution is 2.35. The summed E-state index contributed by atoms with van der Waals surface area (Å²) in [5.41, 5.74) is 12.9. The van der Waals surface area contributed by atoms with Crippen molar-refractivity contribution < 1.29 is 13.2 Å². The Bertz CT molecular complexity index is 1080. The smallest absolute Gasteiger partial charge is 0.264 e. The van der Waals surface area contributed by atoms with E-state index in [1.807, 2.05) is 6.07 Å². The van der Waals surface area contributed by atoms with E-state index in [4.69, 9.17) is 11.5 Å². The van der Waals surface area contributed by atoms with Gasteiger partial charge in [0.2, 0.25) is 9.84 Å². The Balaban J connectivity index is 1.26. The van der Waals surface area contributed by atoms with Crippen molar-refractivity contribution in [3.05, 3.63) is 53.6 Å². The number of carbonyl (C=O) groups is 1. The van der Waals surface area contributed by atoms with Gasteiger partial charge in [-0.15, -0.1) is 0 Å². The van der Waals surface area contributed by atoms with Gasteiger partial charge < -0.3 is 11.5 Å². The van der Waals surface area contributed by atoms with Crippen molar-refractivity contribution in [3.63, 3.8) is 0 Å². The molecule has 0 spiro atoms. The molecule has 0 saturated carbocycles. The van der Waals surface area contributed by atoms with Crippen molar-refractivity contribution in [1.29, 1.82) is 0 Å². The van der Waals surface area contributed by atoms with Crippen LogP contribution in [0.15, 0.2) is 52.4 Å². The zero-order valence-corrected chi connectivity index (χ0v) is 20.3. The topological polar surface area (TPSA) is 131 Å². The number of hydrogen-bond donors (Lipinski definition) is 3. The van der Waals surface area contributed by atoms with Crippen LogP contribution in [0.1, 0.15) is 30.4 Å². The molecule has 1 heterocycles. The molecule has 1 aromatic carbocycles. The molecule has 4 rings (SSSR count). The number of aliphatic imine (C=N–C) groups is 1. The number of piperidine rings is 1. The maximum absolute atomic E-state index is 12.9. The maximum Gasteiger partial charge on any atom is 0.264 e. The number of guanidine groups is 1. The first kappa shape index (κ1) is 24.6. The molecule has 1 saturated heterocycles. The Labute approximate surface area is 202 Å². The number of sulfone groups is 1. The molecule has 0 bridgehead atoms. The van der Waals surface area contributed by atoms with Crippen LogP contribution in [0.2, 0.25) is 0 Å². The van der Waals surface area contributed by atoms with Crippen molar-refractivity contribution in [2.75, 3.05) is 32.8 Å². The average molecular weight is 486 g/mol. The predicted molar refractivity (Wildman–Crippen MR) is 134 cm³/mol. The Morgan fingerprint density at radius 1 is 1.06 bits per heavy atom. The summed E-state index contributed by atoms with van der Waals surface area (Å²) >= 11 is 0. The van der Waals surface area contributed by atoms with Crippen LogP contribution in [0.25, 0.3) is 0 Å². The van der Waals surface area contributed by atoms with Gasteiger partial charge in [0, 0.05) is 13.2 Å². The molecular weight excluding hydrogens is 450 g/mol. The van der Waals surface area contributed by atoms with E-state index in [9.17, 15) is 13.2 Å². The minimum absolute atomic E-state index is 0.105. The van der Waals surface area contributed by atoms with E-state index in [1.54, 1.807) is 12.1 Å². The average Bonchev–Trinajstić information content (AvgIpc) is 2.83. The number of nitrogens with two attached hydrogens (primary N) is 2. The number of nitrogens with one attached hydrogen (secondary N) is 1. The SMILES string of the molecule is NC(N)=NCCC1CCN(CNCC(=O)S(=O)(=O)c2ccc3c(c2)CC2C=CC=CC2C3)CC1. The number of likely N-dealkylation sites (tertiary alicyclic amines) is 1. The largest absolute Gasteiger partial charge is 0.370 e. The second-order valence-electron chi connectivity index (χ2n) is 9.55. The molecule has 1 aliphatic heterocycles. The summed E-state index contributed by atoms with van der Waals surface area (Å²) in [5.74, 6) is 1.57. The van der Waals surface area contributed by atoms with E-state index >= 15 is 0 Å². The summed E-state index contributed by atoms with van der Waals surface area (Å²) in [6.45, 7) is 2.75. The number of carbonyl (C=O) groups excluding carboxylic acids is 1. The summed E-state index contributed by atoms with van der Waals surface area (Å²) in [6.07, 6.45) is 13.3. The van der Waals surface area contributed by atoms with Crippen LogP contribution in [-0.4, -0.2) is 57.2 Å². The van der Waals surface area contributed by atoms with Gasteiger partial charge in [-0.05, 0) is 86.2 Å². The predicted octanol–water partition coefficient (Wildman–Crippen LogP) is 1.37. The van der Waals surface area contributed by atoms with Gasteiger partial charge in [0.05, 0.1) is 11.4 Å². The summed E-state index contributed by atoms with van der Waals surface area (Å²) < 4.78 is 25.8. The van der Waals surface area contributed by atoms with E-state index in [-0.39, 0.29) is 17.4 Å². The summed E-state index contributed by atoms with van der Waals surface area (Å²) in [5, 5.41) is 2.25. The molecule has 2 aliphatic carbocycles. The molecule has 8 nitrogen and oxygen atoms in total. The fraction of sp³-hybridized carbons (Fsp3) is 0.520. The summed E-state index contributed by atoms with van der Waals surface area (Å²) in [4.78, 5) is 19.0. The highest BCUT2D eigenvalue weighted by atomic mass is 32.2. The van der Waals surface area contributed by atoms with Crippen LogP contribution in [0, 0.1) is 17.8 Å². The first-order chi connectivity index (χ1) is 16.3. The van der Waals surface area contributed by atoms with Gasteiger partial charge in [-0.25, -0.2) is 8.42 Å². The molecule has 184 valence electrons. The van der Waals surface area contributed by atoms with Crippen molar-refractivity contribution in [3.8, 4) is 0 Å². The van der Waals surface area contributed by atoms with Crippen molar-refractivity contribution >= 4 is 20.9 Å². The van der Waals surface area contributed by atoms with Crippen LogP contribution < -0.4 is 16.8 Å². The van der Waals surface area contributed by atoms with Gasteiger partial charge >= 0.3 is 0 Å². The van der Waals surface area contributed by atoms with E-state index < -0.39 is 15.0 Å². The lowest BCUT2D eigenvalue weighted by Gasteiger charge is -2.31. The van der Waals surface area contributed by atoms with Crippen molar-refractivity contribution in [2.45, 2.75) is 37.0 Å². The van der Waals surface area contributed by atoms with E-state index in [0.717, 1.165) is 50.8 Å². The normalized spacial score (nSPS) is 22.7. The van der Waals surface area contributed by atoms with Crippen LogP contribution in [0.5, 0.6) is 0 Å². The van der Waals surface area contributed by atoms with Crippen molar-refractivity contribution in [1.82, 2.24) is 10.2 Å². The second kappa shape index (κ2) is 10.8. The summed E-state index contributed by atoms with van der Waals surface area (Å²) in [7, 11) is -4.02. The fourth-order valence-corrected chi connectivity index (χ4v) is 6.26. The number of fused-ring (bicyclic) bond motifs is 2. The Morgan fingerprint density at radius 3 is 2.41 bits per heavy atom. The molecule has 5 N–H and O–H groups in total. The van der Waals surface area contributed by atoms with Gasteiger partial charge in [-0.2, -0.15) is 0 Å². The van der Waals surface area contributed by atoms with Gasteiger partial charge in [0.25, 0.3) is 5.12 Å². The first-order valence-electron chi connectivity index (χ1n) is 12.1. The standard InChI is InChI=1S/C25H35N5O3S/c26-25(27)29-10-7-18-8-11-30(12-9-18)17-28-16-24(31)34(32,33)23-6-5-21-13-19-3-1-2-4-20(19)14-22(21)15-23/h1-6,15,18-20,28H,7-14,16-17H2,(H4,26,27,29). The number of allylic oxidation sites excluding steroid dienone is 4. The zero-order valence-electron chi connectivity index (χ0n) is 19.5. The molecule has 0 amide bonds. The Hall–Kier alpha value is -2.49. The third-order valence-electron chi connectivity index (χ3n) is 7.22. The van der Waals surface area contributed by atoms with Crippen LogP contribution in [-0.2, 0) is 27.5 Å². The highest BCUT2D eigenvalue weighted by Gasteiger charge is 2.30. The molecule has 3 aliphatic rings. The molecule has 9 heteroatoms. The Morgan fingerprint density at radius 2 is 1.74 bits per heavy atom. The molecule has 1 fully saturated rings. The van der Waals surface area contributed by atoms with Gasteiger partial charge in [-0.1, -0.05) is 30.4 Å². The third-order valence-corrected chi connectivity index (χ3v) is 8.84. The van der Waals surface area contributed by atoms with Gasteiger partial charge in [0.15, 0.2) is 5.96 Å². The molecule has 0 aromatic heterocycles. The van der Waals surface area contributed by atoms with Gasteiger partial charge in [-0.3, -0.25) is 20.0 Å².